The van der Waals surface area contributed by atoms with Gasteiger partial charge in [0.05, 0.1) is 7.11 Å². The highest BCUT2D eigenvalue weighted by molar-refractivity contribution is 6.02. The molecule has 0 spiro atoms. The summed E-state index contributed by atoms with van der Waals surface area (Å²) in [5.74, 6) is 0.696. The first kappa shape index (κ1) is 16.8. The van der Waals surface area contributed by atoms with Gasteiger partial charge in [0.25, 0.3) is 0 Å². The summed E-state index contributed by atoms with van der Waals surface area (Å²) in [5, 5.41) is 2.90. The van der Waals surface area contributed by atoms with Gasteiger partial charge in [-0.3, -0.25) is 4.79 Å². The molecule has 1 amide bonds. The minimum atomic E-state index is -0.135. The van der Waals surface area contributed by atoms with Gasteiger partial charge in [0, 0.05) is 11.8 Å². The topological polar surface area (TPSA) is 38.3 Å². The van der Waals surface area contributed by atoms with Crippen molar-refractivity contribution in [3.05, 3.63) is 64.2 Å². The number of ether oxygens (including phenoxy) is 1. The molecule has 0 bridgehead atoms. The van der Waals surface area contributed by atoms with E-state index in [2.05, 4.69) is 11.4 Å². The first-order valence-electron chi connectivity index (χ1n) is 7.61. The molecule has 0 radical (unpaired) electrons. The van der Waals surface area contributed by atoms with Crippen LogP contribution in [0, 0.1) is 27.7 Å². The second kappa shape index (κ2) is 7.14. The number of rotatable bonds is 4. The Bertz CT molecular complexity index is 717. The summed E-state index contributed by atoms with van der Waals surface area (Å²) in [6.45, 7) is 8.05. The van der Waals surface area contributed by atoms with Crippen LogP contribution in [0.1, 0.15) is 27.8 Å². The van der Waals surface area contributed by atoms with Crippen molar-refractivity contribution in [2.24, 2.45) is 0 Å². The van der Waals surface area contributed by atoms with Crippen LogP contribution in [0.4, 0.5) is 5.69 Å². The highest BCUT2D eigenvalue weighted by Crippen LogP contribution is 2.23. The Morgan fingerprint density at radius 3 is 2.04 bits per heavy atom. The average Bonchev–Trinajstić information content (AvgIpc) is 2.44. The van der Waals surface area contributed by atoms with Crippen molar-refractivity contribution in [2.75, 3.05) is 12.4 Å². The molecule has 3 heteroatoms. The lowest BCUT2D eigenvalue weighted by Gasteiger charge is -2.09. The Labute approximate surface area is 138 Å². The van der Waals surface area contributed by atoms with Crippen LogP contribution in [0.3, 0.4) is 0 Å². The number of carbonyl (C=O) groups excluding carboxylic acids is 1. The first-order chi connectivity index (χ1) is 10.9. The van der Waals surface area contributed by atoms with Gasteiger partial charge in [-0.2, -0.15) is 0 Å². The molecule has 0 atom stereocenters. The number of hydrogen-bond donors (Lipinski definition) is 1. The zero-order valence-electron chi connectivity index (χ0n) is 14.4. The fourth-order valence-corrected chi connectivity index (χ4v) is 2.71. The summed E-state index contributed by atoms with van der Waals surface area (Å²) < 4.78 is 5.25. The lowest BCUT2D eigenvalue weighted by Crippen LogP contribution is -2.08. The molecule has 0 aliphatic rings. The minimum Gasteiger partial charge on any atom is -0.497 e. The van der Waals surface area contributed by atoms with E-state index in [4.69, 9.17) is 4.74 Å². The van der Waals surface area contributed by atoms with Crippen molar-refractivity contribution >= 4 is 17.7 Å². The Morgan fingerprint density at radius 1 is 0.957 bits per heavy atom. The lowest BCUT2D eigenvalue weighted by atomic mass is 10.0. The molecule has 0 fully saturated rings. The van der Waals surface area contributed by atoms with Crippen LogP contribution < -0.4 is 10.1 Å². The van der Waals surface area contributed by atoms with Gasteiger partial charge in [-0.05, 0) is 85.9 Å². The molecule has 120 valence electrons. The summed E-state index contributed by atoms with van der Waals surface area (Å²) in [6, 6.07) is 9.93. The molecule has 2 aromatic rings. The van der Waals surface area contributed by atoms with Crippen LogP contribution in [-0.4, -0.2) is 13.0 Å². The molecular formula is C20H23NO2. The highest BCUT2D eigenvalue weighted by atomic mass is 16.5. The van der Waals surface area contributed by atoms with E-state index in [9.17, 15) is 4.79 Å². The van der Waals surface area contributed by atoms with Crippen molar-refractivity contribution in [2.45, 2.75) is 27.7 Å². The van der Waals surface area contributed by atoms with Gasteiger partial charge in [0.2, 0.25) is 5.91 Å². The van der Waals surface area contributed by atoms with Gasteiger partial charge in [-0.25, -0.2) is 0 Å². The van der Waals surface area contributed by atoms with Crippen LogP contribution >= 0.6 is 0 Å². The number of carbonyl (C=O) groups is 1. The summed E-state index contributed by atoms with van der Waals surface area (Å²) in [7, 11) is 1.65. The average molecular weight is 309 g/mol. The second-order valence-corrected chi connectivity index (χ2v) is 5.87. The maximum absolute atomic E-state index is 12.1. The zero-order valence-corrected chi connectivity index (χ0v) is 14.4. The summed E-state index contributed by atoms with van der Waals surface area (Å²) >= 11 is 0. The predicted molar refractivity (Wildman–Crippen MR) is 96.0 cm³/mol. The summed E-state index contributed by atoms with van der Waals surface area (Å²) in [5.41, 5.74) is 6.29. The quantitative estimate of drug-likeness (QED) is 0.839. The highest BCUT2D eigenvalue weighted by Gasteiger charge is 2.04. The number of benzene rings is 2. The standard InChI is InChI=1S/C20H23NO2/c1-13-8-14(2)10-17(9-13)21-20(22)7-6-19-15(3)11-18(23-5)12-16(19)4/h6-12H,1-5H3,(H,21,22)/b7-6+. The normalized spacial score (nSPS) is 10.8. The molecule has 23 heavy (non-hydrogen) atoms. The number of amides is 1. The smallest absolute Gasteiger partial charge is 0.248 e. The molecule has 2 rings (SSSR count). The zero-order chi connectivity index (χ0) is 17.0. The molecule has 3 nitrogen and oxygen atoms in total. The van der Waals surface area contributed by atoms with Crippen molar-refractivity contribution in [1.82, 2.24) is 0 Å². The van der Waals surface area contributed by atoms with Crippen molar-refractivity contribution in [3.8, 4) is 5.75 Å². The fraction of sp³-hybridized carbons (Fsp3) is 0.250. The van der Waals surface area contributed by atoms with E-state index in [0.29, 0.717) is 0 Å². The van der Waals surface area contributed by atoms with Crippen LogP contribution in [0.2, 0.25) is 0 Å². The Kier molecular flexibility index (Phi) is 5.22. The molecule has 0 unspecified atom stereocenters. The molecule has 0 aliphatic heterocycles. The van der Waals surface area contributed by atoms with Gasteiger partial charge < -0.3 is 10.1 Å². The van der Waals surface area contributed by atoms with Crippen LogP contribution in [0.5, 0.6) is 5.75 Å². The van der Waals surface area contributed by atoms with Crippen molar-refractivity contribution in [3.63, 3.8) is 0 Å². The third-order valence-electron chi connectivity index (χ3n) is 3.69. The van der Waals surface area contributed by atoms with Gasteiger partial charge >= 0.3 is 0 Å². The molecular weight excluding hydrogens is 286 g/mol. The lowest BCUT2D eigenvalue weighted by molar-refractivity contribution is -0.111. The molecule has 0 heterocycles. The Balaban J connectivity index is 2.15. The summed E-state index contributed by atoms with van der Waals surface area (Å²) in [4.78, 5) is 12.1. The third kappa shape index (κ3) is 4.46. The SMILES string of the molecule is COc1cc(C)c(/C=C/C(=O)Nc2cc(C)cc(C)c2)c(C)c1. The van der Waals surface area contributed by atoms with Crippen LogP contribution in [0.25, 0.3) is 6.08 Å². The molecule has 0 saturated heterocycles. The van der Waals surface area contributed by atoms with Gasteiger partial charge in [-0.1, -0.05) is 6.07 Å². The number of hydrogen-bond acceptors (Lipinski definition) is 2. The first-order valence-corrected chi connectivity index (χ1v) is 7.61. The molecule has 0 aliphatic carbocycles. The molecule has 0 aromatic heterocycles. The second-order valence-electron chi connectivity index (χ2n) is 5.87. The summed E-state index contributed by atoms with van der Waals surface area (Å²) in [6.07, 6.45) is 3.42. The van der Waals surface area contributed by atoms with Gasteiger partial charge in [0.15, 0.2) is 0 Å². The van der Waals surface area contributed by atoms with Gasteiger partial charge in [-0.15, -0.1) is 0 Å². The molecule has 2 aromatic carbocycles. The number of anilines is 1. The molecule has 0 saturated carbocycles. The maximum atomic E-state index is 12.1. The van der Waals surface area contributed by atoms with E-state index >= 15 is 0 Å². The number of aryl methyl sites for hydroxylation is 4. The number of methoxy groups -OCH3 is 1. The Hall–Kier alpha value is -2.55. The maximum Gasteiger partial charge on any atom is 0.248 e. The van der Waals surface area contributed by atoms with E-state index in [-0.39, 0.29) is 5.91 Å². The van der Waals surface area contributed by atoms with E-state index in [1.54, 1.807) is 13.2 Å². The van der Waals surface area contributed by atoms with Crippen molar-refractivity contribution < 1.29 is 9.53 Å². The monoisotopic (exact) mass is 309 g/mol. The van der Waals surface area contributed by atoms with E-state index in [1.807, 2.05) is 58.0 Å². The van der Waals surface area contributed by atoms with E-state index < -0.39 is 0 Å². The third-order valence-corrected chi connectivity index (χ3v) is 3.69. The largest absolute Gasteiger partial charge is 0.497 e. The van der Waals surface area contributed by atoms with Crippen molar-refractivity contribution in [1.29, 1.82) is 0 Å². The number of nitrogens with one attached hydrogen (secondary N) is 1. The van der Waals surface area contributed by atoms with Gasteiger partial charge in [0.1, 0.15) is 5.75 Å². The Morgan fingerprint density at radius 2 is 1.52 bits per heavy atom. The minimum absolute atomic E-state index is 0.135. The predicted octanol–water partition coefficient (Wildman–Crippen LogP) is 4.58. The molecule has 1 N–H and O–H groups in total. The van der Waals surface area contributed by atoms with Crippen LogP contribution in [0.15, 0.2) is 36.4 Å². The van der Waals surface area contributed by atoms with Crippen LogP contribution in [-0.2, 0) is 4.79 Å². The van der Waals surface area contributed by atoms with E-state index in [0.717, 1.165) is 39.3 Å². The fourth-order valence-electron chi connectivity index (χ4n) is 2.71. The van der Waals surface area contributed by atoms with E-state index in [1.165, 1.54) is 0 Å².